The molecule has 88 valence electrons. The van der Waals surface area contributed by atoms with E-state index in [1.807, 2.05) is 60.7 Å². The Morgan fingerprint density at radius 3 is 2.33 bits per heavy atom. The molecule has 0 spiro atoms. The predicted molar refractivity (Wildman–Crippen MR) is 63.0 cm³/mol. The number of aromatic nitrogens is 3. The first-order valence-electron chi connectivity index (χ1n) is 5.50. The zero-order valence-corrected chi connectivity index (χ0v) is 9.47. The molecule has 0 amide bonds. The second-order valence-electron chi connectivity index (χ2n) is 3.63. The molecule has 0 saturated heterocycles. The minimum absolute atomic E-state index is 0.227. The Labute approximate surface area is 103 Å². The molecule has 1 aromatic heterocycles. The van der Waals surface area contributed by atoms with Gasteiger partial charge in [0.25, 0.3) is 5.68 Å². The molecule has 3 aromatic rings. The van der Waals surface area contributed by atoms with Crippen LogP contribution in [0.4, 0.5) is 5.69 Å². The molecule has 0 saturated carbocycles. The van der Waals surface area contributed by atoms with Crippen LogP contribution in [0.2, 0.25) is 0 Å². The van der Waals surface area contributed by atoms with E-state index in [-0.39, 0.29) is 5.68 Å². The standard InChI is InChI=1S/C13H10N4O/c1-3-7-11(8-4-1)14-13-15-17(16-18-13)12-9-5-2-6-10-12/h1-10H. The summed E-state index contributed by atoms with van der Waals surface area (Å²) in [6, 6.07) is 19.0. The van der Waals surface area contributed by atoms with Crippen LogP contribution in [0.25, 0.3) is 5.69 Å². The minimum Gasteiger partial charge on any atom is -0.360 e. The number of nitrogens with zero attached hydrogens (tertiary/aromatic N) is 4. The molecule has 3 rings (SSSR count). The van der Waals surface area contributed by atoms with Gasteiger partial charge < -0.3 is 9.52 Å². The Hall–Kier alpha value is -2.69. The molecule has 0 fully saturated rings. The molecule has 5 nitrogen and oxygen atoms in total. The van der Waals surface area contributed by atoms with E-state index in [1.54, 1.807) is 0 Å². The van der Waals surface area contributed by atoms with Gasteiger partial charge in [0.2, 0.25) is 5.69 Å². The van der Waals surface area contributed by atoms with E-state index in [2.05, 4.69) is 15.4 Å². The molecule has 0 bridgehead atoms. The van der Waals surface area contributed by atoms with Crippen LogP contribution in [0.1, 0.15) is 0 Å². The van der Waals surface area contributed by atoms with Gasteiger partial charge in [-0.1, -0.05) is 53.6 Å². The lowest BCUT2D eigenvalue weighted by Crippen LogP contribution is -2.39. The smallest absolute Gasteiger partial charge is 0.252 e. The van der Waals surface area contributed by atoms with Gasteiger partial charge in [-0.05, 0) is 10.5 Å². The third kappa shape index (κ3) is 2.20. The lowest BCUT2D eigenvalue weighted by atomic mass is 10.3. The molecule has 1 heterocycles. The fourth-order valence-electron chi connectivity index (χ4n) is 1.51. The van der Waals surface area contributed by atoms with Crippen LogP contribution in [0.3, 0.4) is 0 Å². The van der Waals surface area contributed by atoms with Crippen LogP contribution >= 0.6 is 0 Å². The average Bonchev–Trinajstić information content (AvgIpc) is 2.89. The SMILES string of the molecule is c1ccc(N=c2[n-][n+](-c3ccccc3)no2)cc1. The first-order valence-corrected chi connectivity index (χ1v) is 5.50. The second-order valence-corrected chi connectivity index (χ2v) is 3.63. The molecule has 0 unspecified atom stereocenters. The first-order chi connectivity index (χ1) is 8.92. The quantitative estimate of drug-likeness (QED) is 0.629. The van der Waals surface area contributed by atoms with Gasteiger partial charge >= 0.3 is 0 Å². The zero-order valence-electron chi connectivity index (χ0n) is 9.47. The summed E-state index contributed by atoms with van der Waals surface area (Å²) in [5, 5.41) is 7.97. The molecule has 0 aliphatic heterocycles. The van der Waals surface area contributed by atoms with Crippen LogP contribution in [-0.2, 0) is 0 Å². The highest BCUT2D eigenvalue weighted by Crippen LogP contribution is 2.07. The van der Waals surface area contributed by atoms with E-state index in [1.165, 1.54) is 4.80 Å². The highest BCUT2D eigenvalue weighted by Gasteiger charge is 2.04. The van der Waals surface area contributed by atoms with E-state index in [0.29, 0.717) is 0 Å². The summed E-state index contributed by atoms with van der Waals surface area (Å²) in [4.78, 5) is 5.63. The van der Waals surface area contributed by atoms with Crippen molar-refractivity contribution in [2.24, 2.45) is 4.99 Å². The molecule has 0 aliphatic carbocycles. The molecular formula is C13H10N4O. The summed E-state index contributed by atoms with van der Waals surface area (Å²) < 4.78 is 5.06. The zero-order chi connectivity index (χ0) is 12.2. The average molecular weight is 238 g/mol. The Balaban J connectivity index is 1.98. The monoisotopic (exact) mass is 238 g/mol. The van der Waals surface area contributed by atoms with Gasteiger partial charge in [-0.25, -0.2) is 0 Å². The van der Waals surface area contributed by atoms with Crippen molar-refractivity contribution >= 4 is 5.69 Å². The van der Waals surface area contributed by atoms with Gasteiger partial charge in [0.05, 0.1) is 5.27 Å². The molecule has 0 radical (unpaired) electrons. The molecule has 18 heavy (non-hydrogen) atoms. The van der Waals surface area contributed by atoms with Crippen molar-refractivity contribution in [3.8, 4) is 5.69 Å². The second kappa shape index (κ2) is 4.67. The predicted octanol–water partition coefficient (Wildman–Crippen LogP) is 1.14. The van der Waals surface area contributed by atoms with Crippen molar-refractivity contribution in [1.29, 1.82) is 0 Å². The molecule has 2 aromatic carbocycles. The highest BCUT2D eigenvalue weighted by atomic mass is 16.5. The largest absolute Gasteiger partial charge is 0.360 e. The molecule has 0 N–H and O–H groups in total. The normalized spacial score (nSPS) is 11.7. The van der Waals surface area contributed by atoms with Crippen molar-refractivity contribution in [1.82, 2.24) is 10.4 Å². The Bertz CT molecular complexity index is 686. The van der Waals surface area contributed by atoms with Crippen molar-refractivity contribution in [3.05, 3.63) is 66.3 Å². The van der Waals surface area contributed by atoms with Crippen LogP contribution in [0.15, 0.2) is 70.2 Å². The summed E-state index contributed by atoms with van der Waals surface area (Å²) in [6.07, 6.45) is 0. The van der Waals surface area contributed by atoms with Crippen LogP contribution in [-0.4, -0.2) is 5.27 Å². The minimum atomic E-state index is 0.227. The third-order valence-electron chi connectivity index (χ3n) is 2.35. The van der Waals surface area contributed by atoms with E-state index in [9.17, 15) is 0 Å². The maximum Gasteiger partial charge on any atom is 0.252 e. The fourth-order valence-corrected chi connectivity index (χ4v) is 1.51. The summed E-state index contributed by atoms with van der Waals surface area (Å²) >= 11 is 0. The number of para-hydroxylation sites is 2. The number of benzene rings is 2. The lowest BCUT2D eigenvalue weighted by Gasteiger charge is -1.91. The van der Waals surface area contributed by atoms with Crippen molar-refractivity contribution in [3.63, 3.8) is 0 Å². The number of rotatable bonds is 2. The lowest BCUT2D eigenvalue weighted by molar-refractivity contribution is -0.730. The Kier molecular flexibility index (Phi) is 2.71. The number of hydrogen-bond donors (Lipinski definition) is 0. The van der Waals surface area contributed by atoms with Gasteiger partial charge in [0, 0.05) is 12.1 Å². The Morgan fingerprint density at radius 2 is 1.61 bits per heavy atom. The van der Waals surface area contributed by atoms with Crippen LogP contribution < -0.4 is 15.6 Å². The summed E-state index contributed by atoms with van der Waals surface area (Å²) in [6.45, 7) is 0. The topological polar surface area (TPSA) is 56.4 Å². The molecular weight excluding hydrogens is 228 g/mol. The van der Waals surface area contributed by atoms with Gasteiger partial charge in [0.15, 0.2) is 0 Å². The molecule has 0 atom stereocenters. The fraction of sp³-hybridized carbons (Fsp3) is 0. The number of hydrogen-bond acceptors (Lipinski definition) is 3. The van der Waals surface area contributed by atoms with Crippen LogP contribution in [0.5, 0.6) is 0 Å². The highest BCUT2D eigenvalue weighted by molar-refractivity contribution is 5.35. The van der Waals surface area contributed by atoms with E-state index in [4.69, 9.17) is 4.52 Å². The van der Waals surface area contributed by atoms with Gasteiger partial charge in [-0.3, -0.25) is 0 Å². The van der Waals surface area contributed by atoms with Crippen molar-refractivity contribution < 1.29 is 9.32 Å². The van der Waals surface area contributed by atoms with E-state index < -0.39 is 0 Å². The molecule has 5 heteroatoms. The van der Waals surface area contributed by atoms with E-state index in [0.717, 1.165) is 11.4 Å². The summed E-state index contributed by atoms with van der Waals surface area (Å²) in [5.74, 6) is 0. The van der Waals surface area contributed by atoms with Gasteiger partial charge in [0.1, 0.15) is 0 Å². The maximum absolute atomic E-state index is 5.06. The van der Waals surface area contributed by atoms with Crippen molar-refractivity contribution in [2.75, 3.05) is 0 Å². The molecule has 0 aliphatic rings. The van der Waals surface area contributed by atoms with Gasteiger partial charge in [-0.2, -0.15) is 0 Å². The maximum atomic E-state index is 5.06. The van der Waals surface area contributed by atoms with Crippen LogP contribution in [0, 0.1) is 0 Å². The van der Waals surface area contributed by atoms with Gasteiger partial charge in [-0.15, -0.1) is 0 Å². The third-order valence-corrected chi connectivity index (χ3v) is 2.35. The summed E-state index contributed by atoms with van der Waals surface area (Å²) in [5.41, 5.74) is 1.84. The van der Waals surface area contributed by atoms with Crippen molar-refractivity contribution in [2.45, 2.75) is 0 Å². The Morgan fingerprint density at radius 1 is 0.944 bits per heavy atom. The summed E-state index contributed by atoms with van der Waals surface area (Å²) in [7, 11) is 0. The van der Waals surface area contributed by atoms with E-state index >= 15 is 0 Å². The first kappa shape index (κ1) is 10.5.